The van der Waals surface area contributed by atoms with Crippen molar-refractivity contribution in [1.82, 2.24) is 19.7 Å². The Morgan fingerprint density at radius 3 is 2.55 bits per heavy atom. The number of carbonyl (C=O) groups excluding carboxylic acids is 1. The molecule has 0 radical (unpaired) electrons. The number of nitrogens with one attached hydrogen (secondary N) is 1. The Morgan fingerprint density at radius 2 is 1.88 bits per heavy atom. The summed E-state index contributed by atoms with van der Waals surface area (Å²) < 4.78 is 1.85. The highest BCUT2D eigenvalue weighted by molar-refractivity contribution is 8.00. The maximum atomic E-state index is 12.9. The molecule has 2 aromatic carbocycles. The molecular formula is C24H21Cl2N5OS. The van der Waals surface area contributed by atoms with Gasteiger partial charge in [-0.3, -0.25) is 14.3 Å². The predicted molar refractivity (Wildman–Crippen MR) is 134 cm³/mol. The fourth-order valence-corrected chi connectivity index (χ4v) is 4.32. The minimum atomic E-state index is -0.427. The van der Waals surface area contributed by atoms with E-state index in [4.69, 9.17) is 23.2 Å². The summed E-state index contributed by atoms with van der Waals surface area (Å²) in [7, 11) is 0. The molecule has 0 saturated carbocycles. The second-order valence-corrected chi connectivity index (χ2v) is 9.40. The third-order valence-electron chi connectivity index (χ3n) is 5.00. The van der Waals surface area contributed by atoms with Gasteiger partial charge < -0.3 is 5.32 Å². The van der Waals surface area contributed by atoms with Crippen LogP contribution in [0.2, 0.25) is 10.0 Å². The number of benzene rings is 2. The number of anilines is 1. The van der Waals surface area contributed by atoms with Crippen molar-refractivity contribution in [2.24, 2.45) is 0 Å². The first-order chi connectivity index (χ1) is 16.0. The highest BCUT2D eigenvalue weighted by atomic mass is 35.5. The summed E-state index contributed by atoms with van der Waals surface area (Å²) in [6, 6.07) is 16.9. The normalized spacial score (nSPS) is 11.9. The van der Waals surface area contributed by atoms with Gasteiger partial charge in [0.15, 0.2) is 11.0 Å². The Kier molecular flexibility index (Phi) is 7.33. The molecule has 1 atom stereocenters. The summed E-state index contributed by atoms with van der Waals surface area (Å²) in [5.74, 6) is 0.461. The molecule has 168 valence electrons. The molecule has 33 heavy (non-hydrogen) atoms. The Hall–Kier alpha value is -2.87. The van der Waals surface area contributed by atoms with Crippen LogP contribution in [0.4, 0.5) is 5.69 Å². The molecule has 2 aromatic heterocycles. The van der Waals surface area contributed by atoms with Crippen molar-refractivity contribution in [2.75, 3.05) is 5.32 Å². The molecule has 6 nitrogen and oxygen atoms in total. The molecule has 0 bridgehead atoms. The molecular weight excluding hydrogens is 477 g/mol. The molecule has 0 aliphatic heterocycles. The highest BCUT2D eigenvalue weighted by Crippen LogP contribution is 2.33. The van der Waals surface area contributed by atoms with Crippen LogP contribution in [-0.4, -0.2) is 30.9 Å². The maximum absolute atomic E-state index is 12.9. The van der Waals surface area contributed by atoms with Gasteiger partial charge in [0, 0.05) is 23.6 Å². The largest absolute Gasteiger partial charge is 0.325 e. The minimum Gasteiger partial charge on any atom is -0.325 e. The molecule has 1 N–H and O–H groups in total. The molecule has 4 rings (SSSR count). The van der Waals surface area contributed by atoms with E-state index in [1.54, 1.807) is 24.5 Å². The zero-order valence-electron chi connectivity index (χ0n) is 18.0. The van der Waals surface area contributed by atoms with Crippen molar-refractivity contribution in [2.45, 2.75) is 30.7 Å². The third kappa shape index (κ3) is 5.38. The van der Waals surface area contributed by atoms with E-state index in [2.05, 4.69) is 27.4 Å². The smallest absolute Gasteiger partial charge is 0.237 e. The maximum Gasteiger partial charge on any atom is 0.237 e. The van der Waals surface area contributed by atoms with E-state index in [1.807, 2.05) is 54.0 Å². The van der Waals surface area contributed by atoms with Gasteiger partial charge >= 0.3 is 0 Å². The predicted octanol–water partition coefficient (Wildman–Crippen LogP) is 6.32. The quantitative estimate of drug-likeness (QED) is 0.302. The van der Waals surface area contributed by atoms with E-state index in [0.29, 0.717) is 21.0 Å². The van der Waals surface area contributed by atoms with Gasteiger partial charge in [0.1, 0.15) is 0 Å². The standard InChI is InChI=1S/C24H21Cl2N5OS/c1-3-16-6-8-18(9-7-16)28-23(32)15(2)33-24-30-29-22(17-5-4-12-27-14-17)31(24)19-10-11-20(25)21(26)13-19/h4-15H,3H2,1-2H3,(H,28,32). The Morgan fingerprint density at radius 1 is 1.09 bits per heavy atom. The molecule has 0 saturated heterocycles. The van der Waals surface area contributed by atoms with Crippen molar-refractivity contribution < 1.29 is 4.79 Å². The number of pyridine rings is 1. The van der Waals surface area contributed by atoms with Gasteiger partial charge in [-0.15, -0.1) is 10.2 Å². The fraction of sp³-hybridized carbons (Fsp3) is 0.167. The van der Waals surface area contributed by atoms with Gasteiger partial charge in [0.2, 0.25) is 5.91 Å². The van der Waals surface area contributed by atoms with E-state index >= 15 is 0 Å². The number of aryl methyl sites for hydroxylation is 1. The monoisotopic (exact) mass is 497 g/mol. The van der Waals surface area contributed by atoms with Crippen LogP contribution in [0, 0.1) is 0 Å². The van der Waals surface area contributed by atoms with E-state index in [9.17, 15) is 4.79 Å². The Balaban J connectivity index is 1.63. The molecule has 1 unspecified atom stereocenters. The lowest BCUT2D eigenvalue weighted by atomic mass is 10.1. The lowest BCUT2D eigenvalue weighted by molar-refractivity contribution is -0.115. The van der Waals surface area contributed by atoms with Gasteiger partial charge in [-0.25, -0.2) is 0 Å². The second-order valence-electron chi connectivity index (χ2n) is 7.28. The van der Waals surface area contributed by atoms with Gasteiger partial charge in [0.05, 0.1) is 21.0 Å². The number of carbonyl (C=O) groups is 1. The van der Waals surface area contributed by atoms with Gasteiger partial charge in [-0.2, -0.15) is 0 Å². The lowest BCUT2D eigenvalue weighted by Gasteiger charge is -2.14. The number of rotatable bonds is 7. The van der Waals surface area contributed by atoms with Gasteiger partial charge in [-0.05, 0) is 61.4 Å². The average molecular weight is 498 g/mol. The molecule has 0 spiro atoms. The summed E-state index contributed by atoms with van der Waals surface area (Å²) in [5.41, 5.74) is 3.49. The van der Waals surface area contributed by atoms with Gasteiger partial charge in [-0.1, -0.05) is 54.0 Å². The van der Waals surface area contributed by atoms with Crippen LogP contribution in [0.5, 0.6) is 0 Å². The first-order valence-corrected chi connectivity index (χ1v) is 12.0. The van der Waals surface area contributed by atoms with Crippen molar-refractivity contribution in [3.63, 3.8) is 0 Å². The SMILES string of the molecule is CCc1ccc(NC(=O)C(C)Sc2nnc(-c3cccnc3)n2-c2ccc(Cl)c(Cl)c2)cc1. The summed E-state index contributed by atoms with van der Waals surface area (Å²) >= 11 is 13.7. The first-order valence-electron chi connectivity index (χ1n) is 10.3. The molecule has 9 heteroatoms. The van der Waals surface area contributed by atoms with E-state index in [1.165, 1.54) is 17.3 Å². The summed E-state index contributed by atoms with van der Waals surface area (Å²) in [6.45, 7) is 3.92. The summed E-state index contributed by atoms with van der Waals surface area (Å²) in [5, 5.41) is 12.7. The second kappa shape index (κ2) is 10.4. The fourth-order valence-electron chi connectivity index (χ4n) is 3.16. The zero-order chi connectivity index (χ0) is 23.4. The van der Waals surface area contributed by atoms with Crippen molar-refractivity contribution in [3.8, 4) is 17.1 Å². The molecule has 0 aliphatic carbocycles. The number of nitrogens with zero attached hydrogens (tertiary/aromatic N) is 4. The molecule has 0 fully saturated rings. The zero-order valence-corrected chi connectivity index (χ0v) is 20.3. The number of aromatic nitrogens is 4. The van der Waals surface area contributed by atoms with Crippen molar-refractivity contribution in [1.29, 1.82) is 0 Å². The van der Waals surface area contributed by atoms with Crippen LogP contribution in [0.1, 0.15) is 19.4 Å². The lowest BCUT2D eigenvalue weighted by Crippen LogP contribution is -2.22. The number of amides is 1. The van der Waals surface area contributed by atoms with Crippen LogP contribution >= 0.6 is 35.0 Å². The molecule has 0 aliphatic rings. The minimum absolute atomic E-state index is 0.129. The van der Waals surface area contributed by atoms with Crippen LogP contribution in [-0.2, 0) is 11.2 Å². The molecule has 1 amide bonds. The van der Waals surface area contributed by atoms with Gasteiger partial charge in [0.25, 0.3) is 0 Å². The van der Waals surface area contributed by atoms with E-state index in [-0.39, 0.29) is 5.91 Å². The van der Waals surface area contributed by atoms with Crippen LogP contribution < -0.4 is 5.32 Å². The van der Waals surface area contributed by atoms with Crippen LogP contribution in [0.15, 0.2) is 72.1 Å². The average Bonchev–Trinajstić information content (AvgIpc) is 3.25. The topological polar surface area (TPSA) is 72.7 Å². The van der Waals surface area contributed by atoms with Crippen LogP contribution in [0.3, 0.4) is 0 Å². The van der Waals surface area contributed by atoms with Crippen LogP contribution in [0.25, 0.3) is 17.1 Å². The molecule has 4 aromatic rings. The number of hydrogen-bond donors (Lipinski definition) is 1. The molecule has 2 heterocycles. The van der Waals surface area contributed by atoms with E-state index in [0.717, 1.165) is 23.4 Å². The van der Waals surface area contributed by atoms with Crippen molar-refractivity contribution >= 4 is 46.6 Å². The van der Waals surface area contributed by atoms with E-state index < -0.39 is 5.25 Å². The Bertz CT molecular complexity index is 1260. The third-order valence-corrected chi connectivity index (χ3v) is 6.78. The summed E-state index contributed by atoms with van der Waals surface area (Å²) in [6.07, 6.45) is 4.35. The summed E-state index contributed by atoms with van der Waals surface area (Å²) in [4.78, 5) is 17.0. The number of thioether (sulfide) groups is 1. The highest BCUT2D eigenvalue weighted by Gasteiger charge is 2.22. The first kappa shape index (κ1) is 23.3. The van der Waals surface area contributed by atoms with Crippen molar-refractivity contribution in [3.05, 3.63) is 82.6 Å². The Labute approximate surface area is 206 Å². The number of hydrogen-bond acceptors (Lipinski definition) is 5. The number of halogens is 2.